The quantitative estimate of drug-likeness (QED) is 0.123. The number of aromatic nitrogens is 2. The van der Waals surface area contributed by atoms with Gasteiger partial charge in [0.1, 0.15) is 23.0 Å². The Hall–Kier alpha value is -8.32. The minimum atomic E-state index is -2.86. The minimum absolute atomic E-state index is 0.0450. The lowest BCUT2D eigenvalue weighted by Gasteiger charge is -2.34. The van der Waals surface area contributed by atoms with Crippen molar-refractivity contribution >= 4 is 95.5 Å². The van der Waals surface area contributed by atoms with Gasteiger partial charge in [0, 0.05) is 27.0 Å². The van der Waals surface area contributed by atoms with Crippen LogP contribution in [0.25, 0.3) is 55.0 Å². The van der Waals surface area contributed by atoms with Crippen LogP contribution >= 0.6 is 0 Å². The number of rotatable bonds is 6. The van der Waals surface area contributed by atoms with Crippen LogP contribution in [0.5, 0.6) is 23.0 Å². The summed E-state index contributed by atoms with van der Waals surface area (Å²) in [6.07, 6.45) is 0. The molecule has 2 aromatic heterocycles. The first kappa shape index (κ1) is 37.1. The summed E-state index contributed by atoms with van der Waals surface area (Å²) in [5.74, 6) is 3.41. The molecule has 0 radical (unpaired) electrons. The van der Waals surface area contributed by atoms with Crippen LogP contribution in [0.3, 0.4) is 0 Å². The highest BCUT2D eigenvalue weighted by molar-refractivity contribution is 7.20. The number of para-hydroxylation sites is 5. The first-order valence-electron chi connectivity index (χ1n) is 22.7. The van der Waals surface area contributed by atoms with Crippen molar-refractivity contribution in [3.8, 4) is 34.4 Å². The molecule has 0 fully saturated rings. The van der Waals surface area contributed by atoms with Crippen LogP contribution in [-0.2, 0) is 0 Å². The van der Waals surface area contributed by atoms with Gasteiger partial charge in [-0.2, -0.15) is 0 Å². The first-order valence-corrected chi connectivity index (χ1v) is 24.7. The molecule has 2 aliphatic heterocycles. The molecule has 0 atom stereocenters. The summed E-state index contributed by atoms with van der Waals surface area (Å²) >= 11 is 0. The third-order valence-electron chi connectivity index (χ3n) is 14.2. The molecule has 0 spiro atoms. The van der Waals surface area contributed by atoms with Gasteiger partial charge in [0.15, 0.2) is 8.07 Å². The molecule has 12 aromatic rings. The molecule has 0 saturated heterocycles. The van der Waals surface area contributed by atoms with Crippen molar-refractivity contribution in [2.75, 3.05) is 0 Å². The summed E-state index contributed by atoms with van der Waals surface area (Å²) in [6.45, 7) is -0.0450. The minimum Gasteiger partial charge on any atom is -0.458 e. The first-order chi connectivity index (χ1) is 32.8. The standard InChI is InChI=1S/C60H39BN2O2Si/c1-4-19-40(20-5-1)66(41-21-6-2-7-22-41,42-23-8-3-9-24-42)43-37-38-46-44-25-10-13-30-50(44)62(54(46)39-43)52-32-16-27-47-45-26-11-14-31-51(45)63(59(47)52)53-33-17-29-49-60(53)65-57-36-18-35-56-58(57)61(49)48-28-12-15-34-55(48)64-56/h1-39H. The normalized spacial score (nSPS) is 12.8. The maximum Gasteiger partial charge on any atom is 0.260 e. The average molecular weight is 859 g/mol. The van der Waals surface area contributed by atoms with Gasteiger partial charge in [0.05, 0.1) is 33.4 Å². The summed E-state index contributed by atoms with van der Waals surface area (Å²) in [5, 5.41) is 10.2. The summed E-state index contributed by atoms with van der Waals surface area (Å²) in [7, 11) is -2.86. The Morgan fingerprint density at radius 2 is 0.833 bits per heavy atom. The predicted molar refractivity (Wildman–Crippen MR) is 276 cm³/mol. The van der Waals surface area contributed by atoms with Crippen molar-refractivity contribution in [1.29, 1.82) is 0 Å². The molecule has 14 rings (SSSR count). The number of benzene rings is 10. The van der Waals surface area contributed by atoms with E-state index in [9.17, 15) is 0 Å². The zero-order valence-electron chi connectivity index (χ0n) is 35.8. The molecular weight excluding hydrogens is 820 g/mol. The second-order valence-corrected chi connectivity index (χ2v) is 21.3. The highest BCUT2D eigenvalue weighted by atomic mass is 28.3. The van der Waals surface area contributed by atoms with E-state index in [-0.39, 0.29) is 6.71 Å². The number of hydrogen-bond donors (Lipinski definition) is 0. The molecule has 4 heterocycles. The molecule has 0 N–H and O–H groups in total. The lowest BCUT2D eigenvalue weighted by Crippen LogP contribution is -2.74. The van der Waals surface area contributed by atoms with Crippen molar-refractivity contribution in [2.45, 2.75) is 0 Å². The van der Waals surface area contributed by atoms with Crippen LogP contribution in [0.1, 0.15) is 0 Å². The SMILES string of the molecule is c1ccc([Si](c2ccccc2)(c2ccccc2)c2ccc3c4ccccc4n(-c4cccc5c6ccccc6n(-c6cccc7c6Oc6cccc8c6B7c6ccccc6O8)c45)c3c2)cc1. The van der Waals surface area contributed by atoms with E-state index in [0.29, 0.717) is 0 Å². The predicted octanol–water partition coefficient (Wildman–Crippen LogP) is 9.99. The van der Waals surface area contributed by atoms with E-state index in [4.69, 9.17) is 9.47 Å². The summed E-state index contributed by atoms with van der Waals surface area (Å²) < 4.78 is 18.6. The van der Waals surface area contributed by atoms with Gasteiger partial charge in [-0.3, -0.25) is 0 Å². The Morgan fingerprint density at radius 3 is 1.55 bits per heavy atom. The Morgan fingerprint density at radius 1 is 0.333 bits per heavy atom. The van der Waals surface area contributed by atoms with E-state index in [2.05, 4.69) is 240 Å². The van der Waals surface area contributed by atoms with Gasteiger partial charge < -0.3 is 18.6 Å². The number of nitrogens with zero attached hydrogens (tertiary/aromatic N) is 2. The Bertz CT molecular complexity index is 3800. The molecule has 0 unspecified atom stereocenters. The van der Waals surface area contributed by atoms with Crippen LogP contribution in [-0.4, -0.2) is 23.9 Å². The number of hydrogen-bond acceptors (Lipinski definition) is 2. The lowest BCUT2D eigenvalue weighted by atomic mass is 9.35. The summed E-state index contributed by atoms with van der Waals surface area (Å²) in [5.41, 5.74) is 10.0. The molecule has 10 aromatic carbocycles. The van der Waals surface area contributed by atoms with Gasteiger partial charge in [-0.25, -0.2) is 0 Å². The molecule has 0 amide bonds. The molecule has 4 nitrogen and oxygen atoms in total. The molecule has 2 aliphatic rings. The molecule has 308 valence electrons. The molecule has 0 saturated carbocycles. The van der Waals surface area contributed by atoms with E-state index in [1.54, 1.807) is 0 Å². The van der Waals surface area contributed by atoms with Gasteiger partial charge in [0.25, 0.3) is 6.71 Å². The number of fused-ring (bicyclic) bond motifs is 10. The van der Waals surface area contributed by atoms with Gasteiger partial charge >= 0.3 is 0 Å². The van der Waals surface area contributed by atoms with Crippen molar-refractivity contribution in [3.63, 3.8) is 0 Å². The van der Waals surface area contributed by atoms with Crippen LogP contribution in [0, 0.1) is 0 Å². The Labute approximate surface area is 383 Å². The second-order valence-electron chi connectivity index (χ2n) is 17.5. The van der Waals surface area contributed by atoms with E-state index < -0.39 is 8.07 Å². The highest BCUT2D eigenvalue weighted by Crippen LogP contribution is 2.43. The van der Waals surface area contributed by atoms with Crippen LogP contribution < -0.4 is 46.6 Å². The van der Waals surface area contributed by atoms with Crippen LogP contribution in [0.4, 0.5) is 0 Å². The number of ether oxygens (including phenoxy) is 2. The fourth-order valence-corrected chi connectivity index (χ4v) is 16.3. The average Bonchev–Trinajstić information content (AvgIpc) is 3.90. The van der Waals surface area contributed by atoms with Crippen molar-refractivity contribution < 1.29 is 9.47 Å². The monoisotopic (exact) mass is 858 g/mol. The van der Waals surface area contributed by atoms with Crippen molar-refractivity contribution in [2.24, 2.45) is 0 Å². The zero-order chi connectivity index (χ0) is 43.3. The van der Waals surface area contributed by atoms with E-state index >= 15 is 0 Å². The lowest BCUT2D eigenvalue weighted by molar-refractivity contribution is 0.463. The van der Waals surface area contributed by atoms with Crippen molar-refractivity contribution in [3.05, 3.63) is 237 Å². The highest BCUT2D eigenvalue weighted by Gasteiger charge is 2.43. The molecule has 6 heteroatoms. The Balaban J connectivity index is 1.08. The van der Waals surface area contributed by atoms with E-state index in [1.165, 1.54) is 47.8 Å². The molecule has 66 heavy (non-hydrogen) atoms. The van der Waals surface area contributed by atoms with Gasteiger partial charge in [-0.15, -0.1) is 0 Å². The fraction of sp³-hybridized carbons (Fsp3) is 0. The van der Waals surface area contributed by atoms with Crippen LogP contribution in [0.2, 0.25) is 0 Å². The maximum atomic E-state index is 7.14. The summed E-state index contributed by atoms with van der Waals surface area (Å²) in [6, 6.07) is 86.7. The zero-order valence-corrected chi connectivity index (χ0v) is 36.8. The van der Waals surface area contributed by atoms with Crippen LogP contribution in [0.15, 0.2) is 237 Å². The third kappa shape index (κ3) is 5.16. The van der Waals surface area contributed by atoms with Gasteiger partial charge in [0.2, 0.25) is 0 Å². The largest absolute Gasteiger partial charge is 0.458 e. The second kappa shape index (κ2) is 14.3. The van der Waals surface area contributed by atoms with E-state index in [0.717, 1.165) is 67.3 Å². The molecule has 0 aliphatic carbocycles. The Kier molecular flexibility index (Phi) is 8.06. The topological polar surface area (TPSA) is 28.3 Å². The third-order valence-corrected chi connectivity index (χ3v) is 19.0. The molecular formula is C60H39BN2O2Si. The van der Waals surface area contributed by atoms with Gasteiger partial charge in [-0.05, 0) is 80.2 Å². The maximum absolute atomic E-state index is 7.14. The fourth-order valence-electron chi connectivity index (χ4n) is 11.5. The van der Waals surface area contributed by atoms with E-state index in [1.807, 2.05) is 6.07 Å². The molecule has 0 bridgehead atoms. The smallest absolute Gasteiger partial charge is 0.260 e. The van der Waals surface area contributed by atoms with Gasteiger partial charge in [-0.1, -0.05) is 188 Å². The summed E-state index contributed by atoms with van der Waals surface area (Å²) in [4.78, 5) is 0. The van der Waals surface area contributed by atoms with Crippen molar-refractivity contribution in [1.82, 2.24) is 9.13 Å².